The van der Waals surface area contributed by atoms with Crippen LogP contribution in [-0.2, 0) is 0 Å². The van der Waals surface area contributed by atoms with E-state index >= 15 is 0 Å². The Morgan fingerprint density at radius 1 is 1.00 bits per heavy atom. The molecule has 0 aliphatic carbocycles. The molecule has 0 aromatic heterocycles. The first kappa shape index (κ1) is 11.4. The van der Waals surface area contributed by atoms with Crippen molar-refractivity contribution in [1.29, 1.82) is 0 Å². The van der Waals surface area contributed by atoms with Crippen LogP contribution in [0.2, 0.25) is 0 Å². The van der Waals surface area contributed by atoms with E-state index in [0.717, 1.165) is 29.8 Å². The zero-order chi connectivity index (χ0) is 10.8. The van der Waals surface area contributed by atoms with Gasteiger partial charge >= 0.3 is 0 Å². The van der Waals surface area contributed by atoms with Gasteiger partial charge in [0.15, 0.2) is 0 Å². The first-order valence-electron chi connectivity index (χ1n) is 6.63. The fourth-order valence-electron chi connectivity index (χ4n) is 3.53. The standard InChI is InChI=1S/C13H26N2/c1-9-6-10(2)13(15-8-9)12-4-5-14-11(3)7-12/h9-15H,4-8H2,1-3H3. The molecule has 5 unspecified atom stereocenters. The van der Waals surface area contributed by atoms with E-state index in [1.807, 2.05) is 0 Å². The highest BCUT2D eigenvalue weighted by Crippen LogP contribution is 2.30. The maximum atomic E-state index is 3.78. The second-order valence-corrected chi connectivity index (χ2v) is 5.89. The molecular weight excluding hydrogens is 184 g/mol. The van der Waals surface area contributed by atoms with Crippen LogP contribution in [0.5, 0.6) is 0 Å². The summed E-state index contributed by atoms with van der Waals surface area (Å²) >= 11 is 0. The second kappa shape index (κ2) is 4.84. The fraction of sp³-hybridized carbons (Fsp3) is 1.00. The molecule has 2 saturated heterocycles. The third kappa shape index (κ3) is 2.73. The van der Waals surface area contributed by atoms with Gasteiger partial charge in [-0.3, -0.25) is 0 Å². The Labute approximate surface area is 94.2 Å². The first-order chi connectivity index (χ1) is 7.16. The van der Waals surface area contributed by atoms with Crippen molar-refractivity contribution in [3.05, 3.63) is 0 Å². The molecule has 0 radical (unpaired) electrons. The number of piperidine rings is 2. The summed E-state index contributed by atoms with van der Waals surface area (Å²) in [6.45, 7) is 9.56. The minimum absolute atomic E-state index is 0.720. The summed E-state index contributed by atoms with van der Waals surface area (Å²) in [6, 6.07) is 1.50. The quantitative estimate of drug-likeness (QED) is 0.692. The van der Waals surface area contributed by atoms with Crippen LogP contribution in [0.25, 0.3) is 0 Å². The van der Waals surface area contributed by atoms with E-state index < -0.39 is 0 Å². The van der Waals surface area contributed by atoms with Crippen LogP contribution in [0, 0.1) is 17.8 Å². The van der Waals surface area contributed by atoms with Crippen molar-refractivity contribution in [1.82, 2.24) is 10.6 Å². The molecule has 0 aromatic carbocycles. The molecule has 2 nitrogen and oxygen atoms in total. The number of hydrogen-bond acceptors (Lipinski definition) is 2. The zero-order valence-corrected chi connectivity index (χ0v) is 10.4. The van der Waals surface area contributed by atoms with Crippen molar-refractivity contribution < 1.29 is 0 Å². The molecule has 2 fully saturated rings. The molecule has 2 heterocycles. The van der Waals surface area contributed by atoms with Crippen LogP contribution in [0.15, 0.2) is 0 Å². The molecule has 0 saturated carbocycles. The Kier molecular flexibility index (Phi) is 3.68. The SMILES string of the molecule is CC1CNC(C2CCNC(C)C2)C(C)C1. The lowest BCUT2D eigenvalue weighted by Gasteiger charge is -2.42. The van der Waals surface area contributed by atoms with E-state index in [1.165, 1.54) is 32.4 Å². The smallest absolute Gasteiger partial charge is 0.0122 e. The third-order valence-corrected chi connectivity index (χ3v) is 4.26. The van der Waals surface area contributed by atoms with E-state index in [2.05, 4.69) is 31.4 Å². The summed E-state index contributed by atoms with van der Waals surface area (Å²) in [5.74, 6) is 2.64. The van der Waals surface area contributed by atoms with Crippen LogP contribution in [-0.4, -0.2) is 25.2 Å². The number of hydrogen-bond donors (Lipinski definition) is 2. The minimum atomic E-state index is 0.720. The van der Waals surface area contributed by atoms with Gasteiger partial charge in [0.05, 0.1) is 0 Å². The Morgan fingerprint density at radius 2 is 1.80 bits per heavy atom. The monoisotopic (exact) mass is 210 g/mol. The Morgan fingerprint density at radius 3 is 2.47 bits per heavy atom. The zero-order valence-electron chi connectivity index (χ0n) is 10.4. The van der Waals surface area contributed by atoms with Crippen molar-refractivity contribution in [2.75, 3.05) is 13.1 Å². The van der Waals surface area contributed by atoms with Crippen LogP contribution in [0.3, 0.4) is 0 Å². The molecule has 0 amide bonds. The van der Waals surface area contributed by atoms with Gasteiger partial charge in [-0.25, -0.2) is 0 Å². The minimum Gasteiger partial charge on any atom is -0.314 e. The summed E-state index contributed by atoms with van der Waals surface area (Å²) in [7, 11) is 0. The molecule has 0 aromatic rings. The van der Waals surface area contributed by atoms with Gasteiger partial charge in [-0.15, -0.1) is 0 Å². The van der Waals surface area contributed by atoms with E-state index in [1.54, 1.807) is 0 Å². The number of nitrogens with one attached hydrogen (secondary N) is 2. The third-order valence-electron chi connectivity index (χ3n) is 4.26. The van der Waals surface area contributed by atoms with Gasteiger partial charge in [-0.05, 0) is 57.0 Å². The summed E-state index contributed by atoms with van der Waals surface area (Å²) in [6.07, 6.45) is 4.13. The lowest BCUT2D eigenvalue weighted by Crippen LogP contribution is -2.51. The second-order valence-electron chi connectivity index (χ2n) is 5.89. The van der Waals surface area contributed by atoms with E-state index in [4.69, 9.17) is 0 Å². The number of rotatable bonds is 1. The molecule has 0 bridgehead atoms. The van der Waals surface area contributed by atoms with Crippen LogP contribution in [0.4, 0.5) is 0 Å². The lowest BCUT2D eigenvalue weighted by molar-refractivity contribution is 0.148. The molecule has 88 valence electrons. The van der Waals surface area contributed by atoms with Crippen molar-refractivity contribution in [2.24, 2.45) is 17.8 Å². The maximum Gasteiger partial charge on any atom is 0.0122 e. The Balaban J connectivity index is 1.91. The van der Waals surface area contributed by atoms with Crippen LogP contribution >= 0.6 is 0 Å². The highest BCUT2D eigenvalue weighted by Gasteiger charge is 2.33. The van der Waals surface area contributed by atoms with Gasteiger partial charge in [0, 0.05) is 12.1 Å². The molecule has 2 aliphatic rings. The molecule has 2 aliphatic heterocycles. The summed E-state index contributed by atoms with van der Waals surface area (Å²) in [4.78, 5) is 0. The maximum absolute atomic E-state index is 3.78. The van der Waals surface area contributed by atoms with Crippen molar-refractivity contribution in [2.45, 2.75) is 52.1 Å². The highest BCUT2D eigenvalue weighted by atomic mass is 15.0. The van der Waals surface area contributed by atoms with Gasteiger partial charge in [0.2, 0.25) is 0 Å². The normalized spacial score (nSPS) is 47.8. The van der Waals surface area contributed by atoms with E-state index in [0.29, 0.717) is 0 Å². The van der Waals surface area contributed by atoms with E-state index in [9.17, 15) is 0 Å². The largest absolute Gasteiger partial charge is 0.314 e. The summed E-state index contributed by atoms with van der Waals surface area (Å²) in [5, 5.41) is 7.33. The van der Waals surface area contributed by atoms with Crippen molar-refractivity contribution >= 4 is 0 Å². The topological polar surface area (TPSA) is 24.1 Å². The van der Waals surface area contributed by atoms with Gasteiger partial charge in [0.1, 0.15) is 0 Å². The van der Waals surface area contributed by atoms with Gasteiger partial charge in [-0.1, -0.05) is 13.8 Å². The van der Waals surface area contributed by atoms with Crippen molar-refractivity contribution in [3.8, 4) is 0 Å². The first-order valence-corrected chi connectivity index (χ1v) is 6.63. The molecule has 2 rings (SSSR count). The predicted molar refractivity (Wildman–Crippen MR) is 64.9 cm³/mol. The molecular formula is C13H26N2. The molecule has 0 spiro atoms. The summed E-state index contributed by atoms with van der Waals surface area (Å²) in [5.41, 5.74) is 0. The molecule has 5 atom stereocenters. The average Bonchev–Trinajstić information content (AvgIpc) is 2.17. The summed E-state index contributed by atoms with van der Waals surface area (Å²) < 4.78 is 0. The fourth-order valence-corrected chi connectivity index (χ4v) is 3.53. The average molecular weight is 210 g/mol. The van der Waals surface area contributed by atoms with Gasteiger partial charge < -0.3 is 10.6 Å². The van der Waals surface area contributed by atoms with Crippen LogP contribution in [0.1, 0.15) is 40.0 Å². The Hall–Kier alpha value is -0.0800. The van der Waals surface area contributed by atoms with Gasteiger partial charge in [-0.2, -0.15) is 0 Å². The van der Waals surface area contributed by atoms with Crippen molar-refractivity contribution in [3.63, 3.8) is 0 Å². The molecule has 2 heteroatoms. The van der Waals surface area contributed by atoms with Gasteiger partial charge in [0.25, 0.3) is 0 Å². The molecule has 2 N–H and O–H groups in total. The van der Waals surface area contributed by atoms with Crippen LogP contribution < -0.4 is 10.6 Å². The predicted octanol–water partition coefficient (Wildman–Crippen LogP) is 2.01. The highest BCUT2D eigenvalue weighted by molar-refractivity contribution is 4.90. The molecule has 15 heavy (non-hydrogen) atoms. The lowest BCUT2D eigenvalue weighted by atomic mass is 9.76. The van der Waals surface area contributed by atoms with E-state index in [-0.39, 0.29) is 0 Å². The Bertz CT molecular complexity index is 205.